The topological polar surface area (TPSA) is 51.2 Å². The van der Waals surface area contributed by atoms with Crippen LogP contribution < -0.4 is 10.1 Å². The second-order valence-electron chi connectivity index (χ2n) is 6.68. The highest BCUT2D eigenvalue weighted by Gasteiger charge is 2.16. The number of hydrogen-bond acceptors (Lipinski definition) is 3. The summed E-state index contributed by atoms with van der Waals surface area (Å²) >= 11 is 0. The zero-order valence-corrected chi connectivity index (χ0v) is 15.9. The molecule has 27 heavy (non-hydrogen) atoms. The number of carbonyl (C=O) groups is 1. The van der Waals surface area contributed by atoms with Gasteiger partial charge in [0, 0.05) is 18.1 Å². The molecule has 1 atom stereocenters. The molecular weight excluding hydrogens is 336 g/mol. The lowest BCUT2D eigenvalue weighted by molar-refractivity contribution is -0.122. The normalized spacial score (nSPS) is 11.7. The summed E-state index contributed by atoms with van der Waals surface area (Å²) in [6.45, 7) is 5.78. The maximum Gasteiger partial charge on any atom is 0.265 e. The van der Waals surface area contributed by atoms with Gasteiger partial charge in [0.15, 0.2) is 6.10 Å². The summed E-state index contributed by atoms with van der Waals surface area (Å²) in [4.78, 5) is 16.5. The van der Waals surface area contributed by atoms with Gasteiger partial charge in [-0.1, -0.05) is 24.3 Å². The van der Waals surface area contributed by atoms with E-state index in [1.54, 1.807) is 19.3 Å². The Bertz CT molecular complexity index is 905. The maximum atomic E-state index is 12.4. The van der Waals surface area contributed by atoms with Gasteiger partial charge in [-0.25, -0.2) is 0 Å². The monoisotopic (exact) mass is 360 g/mol. The Labute approximate surface area is 160 Å². The summed E-state index contributed by atoms with van der Waals surface area (Å²) in [5, 5.41) is 2.91. The van der Waals surface area contributed by atoms with Crippen molar-refractivity contribution in [2.45, 2.75) is 33.3 Å². The minimum Gasteiger partial charge on any atom is -0.481 e. The van der Waals surface area contributed by atoms with E-state index < -0.39 is 6.10 Å². The van der Waals surface area contributed by atoms with Crippen LogP contribution in [0, 0.1) is 13.8 Å². The molecule has 3 aromatic rings. The number of benzene rings is 2. The first-order valence-electron chi connectivity index (χ1n) is 9.04. The molecule has 0 aliphatic carbocycles. The summed E-state index contributed by atoms with van der Waals surface area (Å²) in [7, 11) is 0. The van der Waals surface area contributed by atoms with Crippen molar-refractivity contribution < 1.29 is 9.53 Å². The molecule has 0 aliphatic rings. The zero-order valence-electron chi connectivity index (χ0n) is 15.9. The van der Waals surface area contributed by atoms with Gasteiger partial charge in [0.2, 0.25) is 0 Å². The molecule has 0 unspecified atom stereocenters. The number of pyridine rings is 1. The number of rotatable bonds is 6. The Morgan fingerprint density at radius 3 is 2.37 bits per heavy atom. The number of nitrogens with one attached hydrogen (secondary N) is 1. The summed E-state index contributed by atoms with van der Waals surface area (Å²) in [6.07, 6.45) is 3.84. The first-order valence-corrected chi connectivity index (χ1v) is 9.04. The number of nitrogens with zero attached hydrogens (tertiary/aromatic N) is 1. The Balaban J connectivity index is 1.59. The van der Waals surface area contributed by atoms with E-state index >= 15 is 0 Å². The van der Waals surface area contributed by atoms with Crippen LogP contribution in [0.3, 0.4) is 0 Å². The van der Waals surface area contributed by atoms with Gasteiger partial charge in [0.05, 0.1) is 0 Å². The van der Waals surface area contributed by atoms with Crippen LogP contribution >= 0.6 is 0 Å². The number of anilines is 1. The van der Waals surface area contributed by atoms with Gasteiger partial charge in [-0.05, 0) is 79.8 Å². The maximum absolute atomic E-state index is 12.4. The number of ether oxygens (including phenoxy) is 1. The Morgan fingerprint density at radius 1 is 1.00 bits per heavy atom. The number of aromatic nitrogens is 1. The lowest BCUT2D eigenvalue weighted by Gasteiger charge is -2.17. The molecule has 4 nitrogen and oxygen atoms in total. The van der Waals surface area contributed by atoms with Gasteiger partial charge < -0.3 is 10.1 Å². The van der Waals surface area contributed by atoms with Crippen LogP contribution in [0.4, 0.5) is 5.69 Å². The van der Waals surface area contributed by atoms with Crippen LogP contribution in [-0.4, -0.2) is 17.0 Å². The standard InChI is InChI=1S/C23H24N2O2/c1-16-5-4-6-22(17(16)2)27-18(3)23(26)25-21-9-7-19(8-10-21)15-20-11-13-24-14-12-20/h4-14,18H,15H2,1-3H3,(H,25,26)/t18-/m0/s1. The van der Waals surface area contributed by atoms with Crippen molar-refractivity contribution in [3.63, 3.8) is 0 Å². The van der Waals surface area contributed by atoms with Crippen molar-refractivity contribution in [3.05, 3.63) is 89.2 Å². The lowest BCUT2D eigenvalue weighted by Crippen LogP contribution is -2.30. The van der Waals surface area contributed by atoms with E-state index in [4.69, 9.17) is 4.74 Å². The van der Waals surface area contributed by atoms with Crippen LogP contribution in [0.1, 0.15) is 29.2 Å². The fourth-order valence-corrected chi connectivity index (χ4v) is 2.78. The fourth-order valence-electron chi connectivity index (χ4n) is 2.78. The summed E-state index contributed by atoms with van der Waals surface area (Å²) < 4.78 is 5.84. The van der Waals surface area contributed by atoms with Crippen LogP contribution in [0.25, 0.3) is 0 Å². The number of aryl methyl sites for hydroxylation is 1. The summed E-state index contributed by atoms with van der Waals surface area (Å²) in [5.74, 6) is 0.572. The number of carbonyl (C=O) groups excluding carboxylic acids is 1. The minimum absolute atomic E-state index is 0.169. The predicted molar refractivity (Wildman–Crippen MR) is 108 cm³/mol. The molecule has 1 amide bonds. The van der Waals surface area contributed by atoms with Gasteiger partial charge in [0.1, 0.15) is 5.75 Å². The Morgan fingerprint density at radius 2 is 1.67 bits per heavy atom. The van der Waals surface area contributed by atoms with Crippen molar-refractivity contribution in [2.75, 3.05) is 5.32 Å². The smallest absolute Gasteiger partial charge is 0.265 e. The van der Waals surface area contributed by atoms with Crippen LogP contribution in [0.5, 0.6) is 5.75 Å². The molecule has 0 fully saturated rings. The third-order valence-corrected chi connectivity index (χ3v) is 4.61. The van der Waals surface area contributed by atoms with Crippen molar-refractivity contribution in [3.8, 4) is 5.75 Å². The number of amides is 1. The lowest BCUT2D eigenvalue weighted by atomic mass is 10.1. The summed E-state index contributed by atoms with van der Waals surface area (Å²) in [6, 6.07) is 17.7. The van der Waals surface area contributed by atoms with Gasteiger partial charge in [-0.15, -0.1) is 0 Å². The highest BCUT2D eigenvalue weighted by Crippen LogP contribution is 2.22. The Hall–Kier alpha value is -3.14. The molecule has 0 saturated heterocycles. The molecule has 4 heteroatoms. The average Bonchev–Trinajstić information content (AvgIpc) is 2.68. The molecule has 1 aromatic heterocycles. The van der Waals surface area contributed by atoms with E-state index in [0.717, 1.165) is 29.0 Å². The molecule has 0 aliphatic heterocycles. The molecule has 3 rings (SSSR count). The predicted octanol–water partition coefficient (Wildman–Crippen LogP) is 4.70. The van der Waals surface area contributed by atoms with E-state index in [0.29, 0.717) is 0 Å². The highest BCUT2D eigenvalue weighted by atomic mass is 16.5. The van der Waals surface area contributed by atoms with Gasteiger partial charge in [-0.2, -0.15) is 0 Å². The zero-order chi connectivity index (χ0) is 19.2. The van der Waals surface area contributed by atoms with E-state index in [1.165, 1.54) is 11.1 Å². The Kier molecular flexibility index (Phi) is 5.87. The van der Waals surface area contributed by atoms with E-state index in [1.807, 2.05) is 68.4 Å². The molecular formula is C23H24N2O2. The third-order valence-electron chi connectivity index (χ3n) is 4.61. The van der Waals surface area contributed by atoms with Gasteiger partial charge in [0.25, 0.3) is 5.91 Å². The second kappa shape index (κ2) is 8.49. The van der Waals surface area contributed by atoms with Crippen LogP contribution in [0.15, 0.2) is 67.0 Å². The first kappa shape index (κ1) is 18.6. The SMILES string of the molecule is Cc1cccc(O[C@@H](C)C(=O)Nc2ccc(Cc3ccncc3)cc2)c1C. The summed E-state index contributed by atoms with van der Waals surface area (Å²) in [5.41, 5.74) is 5.34. The third kappa shape index (κ3) is 4.94. The first-order chi connectivity index (χ1) is 13.0. The molecule has 1 N–H and O–H groups in total. The molecule has 138 valence electrons. The molecule has 0 radical (unpaired) electrons. The van der Waals surface area contributed by atoms with Crippen molar-refractivity contribution >= 4 is 11.6 Å². The molecule has 1 heterocycles. The largest absolute Gasteiger partial charge is 0.481 e. The van der Waals surface area contributed by atoms with Crippen LogP contribution in [0.2, 0.25) is 0 Å². The fraction of sp³-hybridized carbons (Fsp3) is 0.217. The number of hydrogen-bond donors (Lipinski definition) is 1. The molecule has 2 aromatic carbocycles. The quantitative estimate of drug-likeness (QED) is 0.693. The minimum atomic E-state index is -0.581. The van der Waals surface area contributed by atoms with Crippen LogP contribution in [-0.2, 0) is 11.2 Å². The van der Waals surface area contributed by atoms with E-state index in [9.17, 15) is 4.79 Å². The van der Waals surface area contributed by atoms with Gasteiger partial charge >= 0.3 is 0 Å². The average molecular weight is 360 g/mol. The second-order valence-corrected chi connectivity index (χ2v) is 6.68. The van der Waals surface area contributed by atoms with E-state index in [-0.39, 0.29) is 5.91 Å². The van der Waals surface area contributed by atoms with E-state index in [2.05, 4.69) is 10.3 Å². The van der Waals surface area contributed by atoms with Crippen molar-refractivity contribution in [2.24, 2.45) is 0 Å². The molecule has 0 spiro atoms. The highest BCUT2D eigenvalue weighted by molar-refractivity contribution is 5.94. The molecule has 0 saturated carbocycles. The van der Waals surface area contributed by atoms with Crippen molar-refractivity contribution in [1.82, 2.24) is 4.98 Å². The van der Waals surface area contributed by atoms with Crippen molar-refractivity contribution in [1.29, 1.82) is 0 Å². The van der Waals surface area contributed by atoms with Gasteiger partial charge in [-0.3, -0.25) is 9.78 Å². The molecule has 0 bridgehead atoms.